The van der Waals surface area contributed by atoms with E-state index in [1.54, 1.807) is 42.6 Å². The summed E-state index contributed by atoms with van der Waals surface area (Å²) in [6, 6.07) is 15.2. The maximum Gasteiger partial charge on any atom is 0.260 e. The normalized spacial score (nSPS) is 10.8. The first-order valence-electron chi connectivity index (χ1n) is 9.09. The van der Waals surface area contributed by atoms with Crippen LogP contribution in [0.4, 0.5) is 9.52 Å². The minimum Gasteiger partial charge on any atom is -0.497 e. The highest BCUT2D eigenvalue weighted by atomic mass is 32.1. The number of pyridine rings is 1. The summed E-state index contributed by atoms with van der Waals surface area (Å²) in [6.07, 6.45) is 1.66. The zero-order valence-corrected chi connectivity index (χ0v) is 17.1. The molecule has 152 valence electrons. The van der Waals surface area contributed by atoms with Gasteiger partial charge in [0.1, 0.15) is 22.8 Å². The first-order chi connectivity index (χ1) is 14.6. The van der Waals surface area contributed by atoms with Crippen LogP contribution in [0.5, 0.6) is 11.5 Å². The second-order valence-electron chi connectivity index (χ2n) is 6.40. The molecule has 2 aromatic carbocycles. The predicted octanol–water partition coefficient (Wildman–Crippen LogP) is 4.69. The molecule has 1 amide bonds. The molecule has 0 N–H and O–H groups in total. The van der Waals surface area contributed by atoms with Crippen molar-refractivity contribution in [3.63, 3.8) is 0 Å². The van der Waals surface area contributed by atoms with Crippen molar-refractivity contribution in [2.24, 2.45) is 0 Å². The Morgan fingerprint density at radius 2 is 1.83 bits per heavy atom. The van der Waals surface area contributed by atoms with E-state index in [9.17, 15) is 9.18 Å². The van der Waals surface area contributed by atoms with Crippen molar-refractivity contribution >= 4 is 32.6 Å². The van der Waals surface area contributed by atoms with Crippen molar-refractivity contribution in [2.75, 3.05) is 19.1 Å². The Labute approximate surface area is 176 Å². The van der Waals surface area contributed by atoms with E-state index in [1.165, 1.54) is 36.5 Å². The quantitative estimate of drug-likeness (QED) is 0.450. The maximum absolute atomic E-state index is 14.2. The lowest BCUT2D eigenvalue weighted by Crippen LogP contribution is -2.30. The smallest absolute Gasteiger partial charge is 0.260 e. The van der Waals surface area contributed by atoms with Crippen LogP contribution in [0.1, 0.15) is 16.1 Å². The summed E-state index contributed by atoms with van der Waals surface area (Å²) >= 11 is 1.25. The van der Waals surface area contributed by atoms with Crippen LogP contribution in [0, 0.1) is 5.82 Å². The van der Waals surface area contributed by atoms with Gasteiger partial charge in [0.15, 0.2) is 5.13 Å². The SMILES string of the molecule is COc1cc(OC)cc(C(=O)N(Cc2ccccn2)c2nc3c(F)cccc3s2)c1. The molecular weight excluding hydrogens is 405 g/mol. The Bertz CT molecular complexity index is 1170. The summed E-state index contributed by atoms with van der Waals surface area (Å²) in [5.74, 6) is 0.234. The van der Waals surface area contributed by atoms with Crippen LogP contribution in [-0.4, -0.2) is 30.1 Å². The Balaban J connectivity index is 1.80. The van der Waals surface area contributed by atoms with Crippen LogP contribution in [0.3, 0.4) is 0 Å². The molecule has 0 spiro atoms. The summed E-state index contributed by atoms with van der Waals surface area (Å²) in [5, 5.41) is 0.382. The third kappa shape index (κ3) is 3.95. The number of carbonyl (C=O) groups excluding carboxylic acids is 1. The summed E-state index contributed by atoms with van der Waals surface area (Å²) < 4.78 is 25.4. The zero-order chi connectivity index (χ0) is 21.1. The van der Waals surface area contributed by atoms with Gasteiger partial charge in [0.05, 0.1) is 31.2 Å². The van der Waals surface area contributed by atoms with Crippen molar-refractivity contribution in [1.29, 1.82) is 0 Å². The standard InChI is InChI=1S/C22H18FN3O3S/c1-28-16-10-14(11-17(12-16)29-2)21(27)26(13-15-6-3-4-9-24-15)22-25-20-18(23)7-5-8-19(20)30-22/h3-12H,13H2,1-2H3. The highest BCUT2D eigenvalue weighted by Crippen LogP contribution is 2.33. The van der Waals surface area contributed by atoms with Crippen LogP contribution >= 0.6 is 11.3 Å². The fourth-order valence-electron chi connectivity index (χ4n) is 2.99. The summed E-state index contributed by atoms with van der Waals surface area (Å²) in [7, 11) is 3.04. The minimum absolute atomic E-state index is 0.181. The number of hydrogen-bond acceptors (Lipinski definition) is 6. The van der Waals surface area contributed by atoms with Crippen LogP contribution in [0.15, 0.2) is 60.8 Å². The molecule has 0 radical (unpaired) electrons. The lowest BCUT2D eigenvalue weighted by atomic mass is 10.1. The summed E-state index contributed by atoms with van der Waals surface area (Å²) in [5.41, 5.74) is 1.28. The highest BCUT2D eigenvalue weighted by molar-refractivity contribution is 7.22. The largest absolute Gasteiger partial charge is 0.497 e. The van der Waals surface area contributed by atoms with Gasteiger partial charge in [0.2, 0.25) is 0 Å². The molecule has 6 nitrogen and oxygen atoms in total. The molecule has 0 saturated heterocycles. The van der Waals surface area contributed by atoms with Crippen LogP contribution in [0.2, 0.25) is 0 Å². The third-order valence-corrected chi connectivity index (χ3v) is 5.52. The Kier molecular flexibility index (Phi) is 5.58. The number of nitrogens with zero attached hydrogens (tertiary/aromatic N) is 3. The van der Waals surface area contributed by atoms with Crippen LogP contribution in [0.25, 0.3) is 10.2 Å². The van der Waals surface area contributed by atoms with Gasteiger partial charge < -0.3 is 9.47 Å². The van der Waals surface area contributed by atoms with Crippen molar-refractivity contribution < 1.29 is 18.7 Å². The monoisotopic (exact) mass is 423 g/mol. The first kappa shape index (κ1) is 19.8. The number of aromatic nitrogens is 2. The van der Waals surface area contributed by atoms with Crippen molar-refractivity contribution in [2.45, 2.75) is 6.54 Å². The Hall–Kier alpha value is -3.52. The highest BCUT2D eigenvalue weighted by Gasteiger charge is 2.24. The molecule has 2 aromatic heterocycles. The van der Waals surface area contributed by atoms with Gasteiger partial charge in [-0.25, -0.2) is 9.37 Å². The molecule has 0 aliphatic carbocycles. The van der Waals surface area contributed by atoms with Gasteiger partial charge in [0.25, 0.3) is 5.91 Å². The number of amides is 1. The van der Waals surface area contributed by atoms with E-state index in [0.29, 0.717) is 32.6 Å². The molecule has 0 bridgehead atoms. The molecule has 4 rings (SSSR count). The lowest BCUT2D eigenvalue weighted by molar-refractivity contribution is 0.0984. The van der Waals surface area contributed by atoms with E-state index in [4.69, 9.17) is 9.47 Å². The molecule has 0 aliphatic rings. The molecule has 30 heavy (non-hydrogen) atoms. The van der Waals surface area contributed by atoms with Gasteiger partial charge in [-0.3, -0.25) is 14.7 Å². The Morgan fingerprint density at radius 3 is 2.47 bits per heavy atom. The maximum atomic E-state index is 14.2. The van der Waals surface area contributed by atoms with Gasteiger partial charge >= 0.3 is 0 Å². The summed E-state index contributed by atoms with van der Waals surface area (Å²) in [4.78, 5) is 23.7. The number of rotatable bonds is 6. The number of anilines is 1. The lowest BCUT2D eigenvalue weighted by Gasteiger charge is -2.20. The first-order valence-corrected chi connectivity index (χ1v) is 9.90. The molecule has 0 atom stereocenters. The molecule has 8 heteroatoms. The van der Waals surface area contributed by atoms with E-state index >= 15 is 0 Å². The number of fused-ring (bicyclic) bond motifs is 1. The average Bonchev–Trinajstić information content (AvgIpc) is 3.22. The number of ether oxygens (including phenoxy) is 2. The molecule has 2 heterocycles. The summed E-state index contributed by atoms with van der Waals surface area (Å²) in [6.45, 7) is 0.181. The third-order valence-electron chi connectivity index (χ3n) is 4.48. The van der Waals surface area contributed by atoms with E-state index in [-0.39, 0.29) is 18.0 Å². The molecule has 0 saturated carbocycles. The van der Waals surface area contributed by atoms with Gasteiger partial charge in [0, 0.05) is 17.8 Å². The number of para-hydroxylation sites is 1. The number of halogens is 1. The number of hydrogen-bond donors (Lipinski definition) is 0. The number of benzene rings is 2. The van der Waals surface area contributed by atoms with Crippen LogP contribution < -0.4 is 14.4 Å². The molecule has 0 fully saturated rings. The number of carbonyl (C=O) groups is 1. The molecule has 4 aromatic rings. The molecule has 0 unspecified atom stereocenters. The van der Waals surface area contributed by atoms with E-state index < -0.39 is 5.82 Å². The van der Waals surface area contributed by atoms with Crippen molar-refractivity contribution in [3.8, 4) is 11.5 Å². The van der Waals surface area contributed by atoms with Crippen molar-refractivity contribution in [3.05, 3.63) is 77.9 Å². The van der Waals surface area contributed by atoms with E-state index in [2.05, 4.69) is 9.97 Å². The minimum atomic E-state index is -0.428. The topological polar surface area (TPSA) is 64.6 Å². The molecular formula is C22H18FN3O3S. The van der Waals surface area contributed by atoms with E-state index in [0.717, 1.165) is 0 Å². The van der Waals surface area contributed by atoms with Gasteiger partial charge in [-0.1, -0.05) is 23.5 Å². The predicted molar refractivity (Wildman–Crippen MR) is 114 cm³/mol. The molecule has 0 aliphatic heterocycles. The Morgan fingerprint density at radius 1 is 1.07 bits per heavy atom. The van der Waals surface area contributed by atoms with Gasteiger partial charge in [-0.15, -0.1) is 0 Å². The fourth-order valence-corrected chi connectivity index (χ4v) is 3.96. The number of thiazole rings is 1. The fraction of sp³-hybridized carbons (Fsp3) is 0.136. The second kappa shape index (κ2) is 8.46. The van der Waals surface area contributed by atoms with E-state index in [1.807, 2.05) is 12.1 Å². The zero-order valence-electron chi connectivity index (χ0n) is 16.3. The average molecular weight is 423 g/mol. The second-order valence-corrected chi connectivity index (χ2v) is 7.41. The van der Waals surface area contributed by atoms with Crippen molar-refractivity contribution in [1.82, 2.24) is 9.97 Å². The van der Waals surface area contributed by atoms with Gasteiger partial charge in [-0.2, -0.15) is 0 Å². The van der Waals surface area contributed by atoms with Gasteiger partial charge in [-0.05, 0) is 36.4 Å². The van der Waals surface area contributed by atoms with Crippen LogP contribution in [-0.2, 0) is 6.54 Å². The number of methoxy groups -OCH3 is 2.